The Balaban J connectivity index is 2.34. The van der Waals surface area contributed by atoms with Crippen LogP contribution in [0.25, 0.3) is 0 Å². The van der Waals surface area contributed by atoms with Crippen molar-refractivity contribution in [1.82, 2.24) is 0 Å². The van der Waals surface area contributed by atoms with E-state index in [2.05, 4.69) is 4.72 Å². The summed E-state index contributed by atoms with van der Waals surface area (Å²) < 4.78 is 32.9. The molecule has 0 saturated heterocycles. The first-order valence-electron chi connectivity index (χ1n) is 7.28. The molecule has 0 heterocycles. The summed E-state index contributed by atoms with van der Waals surface area (Å²) >= 11 is 5.80. The van der Waals surface area contributed by atoms with Gasteiger partial charge in [0.05, 0.1) is 4.90 Å². The molecule has 0 amide bonds. The molecule has 0 fully saturated rings. The van der Waals surface area contributed by atoms with Gasteiger partial charge in [-0.15, -0.1) is 0 Å². The number of aliphatic hydroxyl groups is 1. The van der Waals surface area contributed by atoms with Gasteiger partial charge in [-0.1, -0.05) is 17.7 Å². The van der Waals surface area contributed by atoms with Crippen LogP contribution in [0.3, 0.4) is 0 Å². The molecule has 1 unspecified atom stereocenters. The lowest BCUT2D eigenvalue weighted by Crippen LogP contribution is -2.20. The van der Waals surface area contributed by atoms with E-state index in [1.54, 1.807) is 43.3 Å². The fraction of sp³-hybridized carbons (Fsp3) is 0.250. The number of sulfonamides is 1. The third-order valence-corrected chi connectivity index (χ3v) is 4.95. The van der Waals surface area contributed by atoms with Gasteiger partial charge in [0.1, 0.15) is 0 Å². The molecule has 2 aromatic carbocycles. The number of aliphatic hydroxyl groups excluding tert-OH is 1. The van der Waals surface area contributed by atoms with Gasteiger partial charge >= 0.3 is 0 Å². The van der Waals surface area contributed by atoms with Gasteiger partial charge in [0.25, 0.3) is 10.0 Å². The number of benzene rings is 2. The molecule has 0 aliphatic heterocycles. The van der Waals surface area contributed by atoms with Crippen LogP contribution in [0.15, 0.2) is 47.4 Å². The van der Waals surface area contributed by atoms with E-state index in [9.17, 15) is 13.5 Å². The standard InChI is InChI=1S/C16H19ClN2O4S/c1-2-23-16(20)9-11-3-6-13(18)10-15(11)24(21,22)19-14-7-4-12(17)5-8-14/h3-8,10,16,19-20H,2,9,18H2,1H3. The third kappa shape index (κ3) is 4.85. The van der Waals surface area contributed by atoms with E-state index in [1.807, 2.05) is 0 Å². The maximum Gasteiger partial charge on any atom is 0.262 e. The predicted octanol–water partition coefficient (Wildman–Crippen LogP) is 2.62. The van der Waals surface area contributed by atoms with Crippen LogP contribution in [0.2, 0.25) is 5.02 Å². The Morgan fingerprint density at radius 2 is 1.92 bits per heavy atom. The van der Waals surface area contributed by atoms with Gasteiger partial charge in [-0.3, -0.25) is 4.72 Å². The Hall–Kier alpha value is -1.80. The average molecular weight is 371 g/mol. The first-order valence-corrected chi connectivity index (χ1v) is 9.14. The molecule has 0 spiro atoms. The van der Waals surface area contributed by atoms with Crippen molar-refractivity contribution in [1.29, 1.82) is 0 Å². The van der Waals surface area contributed by atoms with Crippen LogP contribution < -0.4 is 10.5 Å². The number of halogens is 1. The highest BCUT2D eigenvalue weighted by Crippen LogP contribution is 2.24. The number of rotatable bonds is 7. The molecule has 130 valence electrons. The number of nitrogen functional groups attached to an aromatic ring is 1. The monoisotopic (exact) mass is 370 g/mol. The number of anilines is 2. The molecule has 2 aromatic rings. The molecule has 0 aliphatic rings. The van der Waals surface area contributed by atoms with Crippen molar-refractivity contribution in [2.75, 3.05) is 17.1 Å². The Bertz CT molecular complexity index is 794. The zero-order chi connectivity index (χ0) is 17.7. The van der Waals surface area contributed by atoms with E-state index >= 15 is 0 Å². The number of hydrogen-bond donors (Lipinski definition) is 3. The summed E-state index contributed by atoms with van der Waals surface area (Å²) in [6, 6.07) is 10.8. The molecule has 8 heteroatoms. The molecule has 0 radical (unpaired) electrons. The molecule has 0 aliphatic carbocycles. The second-order valence-corrected chi connectivity index (χ2v) is 7.18. The van der Waals surface area contributed by atoms with Crippen molar-refractivity contribution in [2.24, 2.45) is 0 Å². The fourth-order valence-electron chi connectivity index (χ4n) is 2.16. The van der Waals surface area contributed by atoms with Gasteiger partial charge in [0, 0.05) is 29.4 Å². The van der Waals surface area contributed by atoms with E-state index < -0.39 is 16.3 Å². The minimum absolute atomic E-state index is 0.00352. The Morgan fingerprint density at radius 3 is 2.54 bits per heavy atom. The lowest BCUT2D eigenvalue weighted by atomic mass is 10.1. The first kappa shape index (κ1) is 18.5. The number of hydrogen-bond acceptors (Lipinski definition) is 5. The minimum atomic E-state index is -3.88. The van der Waals surface area contributed by atoms with Crippen LogP contribution in [0.1, 0.15) is 12.5 Å². The van der Waals surface area contributed by atoms with Gasteiger partial charge < -0.3 is 15.6 Å². The summed E-state index contributed by atoms with van der Waals surface area (Å²) in [6.07, 6.45) is -1.06. The van der Waals surface area contributed by atoms with Gasteiger partial charge in [0.2, 0.25) is 0 Å². The van der Waals surface area contributed by atoms with Crippen molar-refractivity contribution in [3.05, 3.63) is 53.1 Å². The second kappa shape index (κ2) is 7.85. The summed E-state index contributed by atoms with van der Waals surface area (Å²) in [5, 5.41) is 10.3. The summed E-state index contributed by atoms with van der Waals surface area (Å²) in [7, 11) is -3.88. The van der Waals surface area contributed by atoms with Crippen molar-refractivity contribution in [3.8, 4) is 0 Å². The maximum absolute atomic E-state index is 12.7. The van der Waals surface area contributed by atoms with Crippen LogP contribution in [-0.2, 0) is 21.2 Å². The van der Waals surface area contributed by atoms with Gasteiger partial charge in [-0.2, -0.15) is 0 Å². The topological polar surface area (TPSA) is 102 Å². The first-order chi connectivity index (χ1) is 11.3. The largest absolute Gasteiger partial charge is 0.399 e. The molecule has 1 atom stereocenters. The van der Waals surface area contributed by atoms with Crippen LogP contribution in [0.4, 0.5) is 11.4 Å². The van der Waals surface area contributed by atoms with E-state index in [-0.39, 0.29) is 11.3 Å². The molecule has 0 saturated carbocycles. The molecule has 0 aromatic heterocycles. The highest BCUT2D eigenvalue weighted by atomic mass is 35.5. The molecule has 2 rings (SSSR count). The van der Waals surface area contributed by atoms with Crippen LogP contribution in [0, 0.1) is 0 Å². The highest BCUT2D eigenvalue weighted by molar-refractivity contribution is 7.92. The zero-order valence-corrected chi connectivity index (χ0v) is 14.6. The van der Waals surface area contributed by atoms with E-state index in [4.69, 9.17) is 22.1 Å². The lowest BCUT2D eigenvalue weighted by molar-refractivity contribution is -0.0930. The Kier molecular flexibility index (Phi) is 6.06. The molecule has 4 N–H and O–H groups in total. The average Bonchev–Trinajstić information content (AvgIpc) is 2.51. The zero-order valence-electron chi connectivity index (χ0n) is 13.1. The smallest absolute Gasteiger partial charge is 0.262 e. The van der Waals surface area contributed by atoms with Crippen LogP contribution >= 0.6 is 11.6 Å². The SMILES string of the molecule is CCOC(O)Cc1ccc(N)cc1S(=O)(=O)Nc1ccc(Cl)cc1. The number of ether oxygens (including phenoxy) is 1. The molecule has 0 bridgehead atoms. The summed E-state index contributed by atoms with van der Waals surface area (Å²) in [6.45, 7) is 2.06. The predicted molar refractivity (Wildman–Crippen MR) is 94.5 cm³/mol. The van der Waals surface area contributed by atoms with Gasteiger partial charge in [-0.25, -0.2) is 8.42 Å². The summed E-state index contributed by atoms with van der Waals surface area (Å²) in [5.74, 6) is 0. The molecular formula is C16H19ClN2O4S. The third-order valence-electron chi connectivity index (χ3n) is 3.23. The Labute approximate surface area is 146 Å². The van der Waals surface area contributed by atoms with Crippen molar-refractivity contribution in [2.45, 2.75) is 24.5 Å². The van der Waals surface area contributed by atoms with Crippen LogP contribution in [-0.4, -0.2) is 26.4 Å². The van der Waals surface area contributed by atoms with E-state index in [0.717, 1.165) is 0 Å². The summed E-state index contributed by atoms with van der Waals surface area (Å²) in [4.78, 5) is -0.00352. The van der Waals surface area contributed by atoms with Gasteiger partial charge in [0.15, 0.2) is 6.29 Å². The van der Waals surface area contributed by atoms with Crippen LogP contribution in [0.5, 0.6) is 0 Å². The van der Waals surface area contributed by atoms with Gasteiger partial charge in [-0.05, 0) is 48.9 Å². The molecule has 24 heavy (non-hydrogen) atoms. The van der Waals surface area contributed by atoms with Crippen molar-refractivity contribution >= 4 is 33.0 Å². The number of nitrogens with one attached hydrogen (secondary N) is 1. The normalized spacial score (nSPS) is 12.8. The fourth-order valence-corrected chi connectivity index (χ4v) is 3.63. The van der Waals surface area contributed by atoms with Crippen molar-refractivity contribution in [3.63, 3.8) is 0 Å². The molecule has 6 nitrogen and oxygen atoms in total. The Morgan fingerprint density at radius 1 is 1.25 bits per heavy atom. The van der Waals surface area contributed by atoms with E-state index in [0.29, 0.717) is 28.6 Å². The summed E-state index contributed by atoms with van der Waals surface area (Å²) in [5.41, 5.74) is 6.81. The maximum atomic E-state index is 12.7. The van der Waals surface area contributed by atoms with E-state index in [1.165, 1.54) is 6.07 Å². The highest BCUT2D eigenvalue weighted by Gasteiger charge is 2.21. The minimum Gasteiger partial charge on any atom is -0.399 e. The quantitative estimate of drug-likeness (QED) is 0.513. The lowest BCUT2D eigenvalue weighted by Gasteiger charge is -2.16. The number of nitrogens with two attached hydrogens (primary N) is 1. The second-order valence-electron chi connectivity index (χ2n) is 5.09. The molecular weight excluding hydrogens is 352 g/mol. The van der Waals surface area contributed by atoms with Crippen molar-refractivity contribution < 1.29 is 18.3 Å².